The molecule has 6 aliphatic rings. The minimum Gasteiger partial charge on any atom is -0.464 e. The van der Waals surface area contributed by atoms with Crippen LogP contribution in [0.15, 0.2) is 23.8 Å². The minimum atomic E-state index is -2.14. The van der Waals surface area contributed by atoms with E-state index in [1.54, 1.807) is 61.6 Å². The van der Waals surface area contributed by atoms with Crippen LogP contribution in [0.4, 0.5) is 4.39 Å². The third-order valence-electron chi connectivity index (χ3n) is 18.8. The normalized spacial score (nSPS) is 46.4. The van der Waals surface area contributed by atoms with Crippen molar-refractivity contribution in [2.24, 2.45) is 46.3 Å². The molecule has 0 amide bonds. The van der Waals surface area contributed by atoms with Crippen LogP contribution < -0.4 is 0 Å². The first-order chi connectivity index (χ1) is 34.3. The molecule has 18 heteroatoms. The second kappa shape index (κ2) is 22.5. The Hall–Kier alpha value is -3.36. The van der Waals surface area contributed by atoms with Crippen molar-refractivity contribution in [2.75, 3.05) is 20.2 Å². The van der Waals surface area contributed by atoms with Gasteiger partial charge in [0, 0.05) is 48.6 Å². The highest BCUT2D eigenvalue weighted by molar-refractivity contribution is 6.01. The van der Waals surface area contributed by atoms with Crippen molar-refractivity contribution in [1.29, 1.82) is 0 Å². The van der Waals surface area contributed by atoms with Crippen molar-refractivity contribution in [1.82, 2.24) is 4.90 Å². The summed E-state index contributed by atoms with van der Waals surface area (Å²) in [6.07, 6.45) is -2.33. The quantitative estimate of drug-likeness (QED) is 0.0958. The molecule has 2 heterocycles. The van der Waals surface area contributed by atoms with Gasteiger partial charge in [-0.15, -0.1) is 0 Å². The molecule has 17 nitrogen and oxygen atoms in total. The number of esters is 4. The van der Waals surface area contributed by atoms with Gasteiger partial charge in [0.05, 0.1) is 36.4 Å². The number of hydrogen-bond donors (Lipinski definition) is 5. The molecule has 4 aliphatic carbocycles. The number of aliphatic hydroxyl groups is 5. The number of hydrogen-bond acceptors (Lipinski definition) is 17. The molecule has 6 rings (SSSR count). The largest absolute Gasteiger partial charge is 0.464 e. The lowest BCUT2D eigenvalue weighted by atomic mass is 9.45. The fourth-order valence-electron chi connectivity index (χ4n) is 14.5. The summed E-state index contributed by atoms with van der Waals surface area (Å²) in [6, 6.07) is -0.620. The Kier molecular flexibility index (Phi) is 18.2. The Bertz CT molecular complexity index is 2130. The number of allylic oxidation sites excluding steroid dienone is 4. The maximum Gasteiger partial charge on any atom is 0.338 e. The third-order valence-corrected chi connectivity index (χ3v) is 18.8. The highest BCUT2D eigenvalue weighted by Crippen LogP contribution is 2.70. The Morgan fingerprint density at radius 2 is 1.59 bits per heavy atom. The Morgan fingerprint density at radius 1 is 0.919 bits per heavy atom. The number of rotatable bonds is 11. The number of fused-ring (bicyclic) bond motifs is 5. The fraction of sp³-hybridized carbons (Fsp3) is 0.839. The van der Waals surface area contributed by atoms with Crippen LogP contribution in [0.5, 0.6) is 0 Å². The van der Waals surface area contributed by atoms with Crippen molar-refractivity contribution in [3.63, 3.8) is 0 Å². The van der Waals surface area contributed by atoms with Gasteiger partial charge in [-0.1, -0.05) is 46.3 Å². The lowest BCUT2D eigenvalue weighted by Crippen LogP contribution is -2.69. The number of unbranched alkanes of at least 4 members (excludes halogenated alkanes) is 1. The van der Waals surface area contributed by atoms with Gasteiger partial charge in [0.1, 0.15) is 23.9 Å². The van der Waals surface area contributed by atoms with Gasteiger partial charge in [0.2, 0.25) is 0 Å². The van der Waals surface area contributed by atoms with E-state index in [-0.39, 0.29) is 62.9 Å². The minimum absolute atomic E-state index is 0.117. The molecule has 74 heavy (non-hydrogen) atoms. The number of carbonyl (C=O) groups is 5. The van der Waals surface area contributed by atoms with Crippen LogP contribution in [-0.4, -0.2) is 158 Å². The summed E-state index contributed by atoms with van der Waals surface area (Å²) in [5, 5.41) is 60.2. The first-order valence-corrected chi connectivity index (χ1v) is 27.2. The lowest BCUT2D eigenvalue weighted by Gasteiger charge is -2.62. The highest BCUT2D eigenvalue weighted by atomic mass is 19.1. The zero-order chi connectivity index (χ0) is 55.3. The van der Waals surface area contributed by atoms with E-state index in [2.05, 4.69) is 0 Å². The molecule has 420 valence electrons. The van der Waals surface area contributed by atoms with Crippen molar-refractivity contribution < 1.29 is 82.3 Å². The zero-order valence-corrected chi connectivity index (χ0v) is 46.1. The molecular weight excluding hydrogens is 962 g/mol. The molecule has 0 aromatic carbocycles. The summed E-state index contributed by atoms with van der Waals surface area (Å²) in [6.45, 7) is 20.0. The summed E-state index contributed by atoms with van der Waals surface area (Å²) < 4.78 is 54.2. The molecule has 0 aromatic heterocycles. The maximum absolute atomic E-state index is 17.7. The summed E-state index contributed by atoms with van der Waals surface area (Å²) in [4.78, 5) is 68.9. The van der Waals surface area contributed by atoms with Crippen LogP contribution in [0, 0.1) is 46.3 Å². The number of halogens is 1. The lowest BCUT2D eigenvalue weighted by molar-refractivity contribution is -0.292. The van der Waals surface area contributed by atoms with Gasteiger partial charge in [-0.2, -0.15) is 0 Å². The van der Waals surface area contributed by atoms with Gasteiger partial charge >= 0.3 is 23.9 Å². The molecule has 2 saturated heterocycles. The van der Waals surface area contributed by atoms with E-state index in [1.807, 2.05) is 18.7 Å². The molecule has 3 saturated carbocycles. The molecule has 0 bridgehead atoms. The highest BCUT2D eigenvalue weighted by Gasteiger charge is 2.76. The SMILES string of the molecule is CC[C@H]1OC(=O)[C@H](C)[C@@H](OC(=O)CCCCOC(=O)[C@@]2(O)[C@H](C)CC3C4CCC5=CC(=O)C=C[C@]5(C)[C@@]4(F)[C@@H](O)C[C@@]32C)[C@H](C)[C@@H](OC2OC(C)CC[C@H]2OC(C)=O)[C@](C)(O)C[C@@H](C)CN(C)[C@H](C)[C@@H](O)[C@]1(C)O. The molecule has 4 unspecified atom stereocenters. The number of cyclic esters (lactones) is 1. The van der Waals surface area contributed by atoms with Gasteiger partial charge in [0.15, 0.2) is 29.4 Å². The van der Waals surface area contributed by atoms with Crippen molar-refractivity contribution in [2.45, 2.75) is 231 Å². The van der Waals surface area contributed by atoms with Gasteiger partial charge in [-0.3, -0.25) is 19.2 Å². The monoisotopic (exact) mass is 1050 g/mol. The summed E-state index contributed by atoms with van der Waals surface area (Å²) in [5.41, 5.74) is -9.65. The van der Waals surface area contributed by atoms with Crippen molar-refractivity contribution >= 4 is 29.7 Å². The second-order valence-electron chi connectivity index (χ2n) is 24.3. The van der Waals surface area contributed by atoms with Gasteiger partial charge in [0.25, 0.3) is 0 Å². The molecule has 0 aromatic rings. The number of carbonyl (C=O) groups excluding carboxylic acids is 5. The number of ether oxygens (including phenoxy) is 6. The van der Waals surface area contributed by atoms with Gasteiger partial charge in [-0.25, -0.2) is 9.18 Å². The van der Waals surface area contributed by atoms with E-state index in [0.29, 0.717) is 44.2 Å². The van der Waals surface area contributed by atoms with E-state index in [9.17, 15) is 49.5 Å². The first kappa shape index (κ1) is 59.9. The van der Waals surface area contributed by atoms with E-state index in [0.717, 1.165) is 0 Å². The molecule has 2 aliphatic heterocycles. The molecule has 5 N–H and O–H groups in total. The van der Waals surface area contributed by atoms with E-state index < -0.39 is 136 Å². The average molecular weight is 1050 g/mol. The smallest absolute Gasteiger partial charge is 0.338 e. The standard InChI is InChI=1S/C56H88FNO16/c1-14-43-54(12,67)46(63)35(7)58(13)29-30(2)27-53(11,66)47(74-49-41(71-36(8)59)21-18-32(4)70-49)33(5)45(34(6)48(64)72-43)73-44(62)17-15-16-24-69-50(65)56(68)31(3)25-40-39-20-19-37-26-38(60)22-23-51(37,9)55(39,57)42(61)28-52(40,56)10/h22-23,26,30-35,39-43,45-47,49,61,63,66-68H,14-21,24-25,27-29H2,1-13H3/t30-,31-,32?,33+,34-,35-,39?,40?,41-,42+,43-,45+,46-,47-,49?,51+,52+,53-,54-,55+,56+/m1/s1. The molecule has 5 fully saturated rings. The Labute approximate surface area is 437 Å². The van der Waals surface area contributed by atoms with Crippen LogP contribution in [-0.2, 0) is 52.4 Å². The summed E-state index contributed by atoms with van der Waals surface area (Å²) in [7, 11) is 1.79. The number of nitrogens with zero attached hydrogens (tertiary/aromatic N) is 1. The van der Waals surface area contributed by atoms with Crippen molar-refractivity contribution in [3.8, 4) is 0 Å². The average Bonchev–Trinajstić information content (AvgIpc) is 3.52. The summed E-state index contributed by atoms with van der Waals surface area (Å²) >= 11 is 0. The van der Waals surface area contributed by atoms with Crippen LogP contribution >= 0.6 is 0 Å². The van der Waals surface area contributed by atoms with Crippen LogP contribution in [0.1, 0.15) is 154 Å². The van der Waals surface area contributed by atoms with E-state index in [1.165, 1.54) is 32.9 Å². The third kappa shape index (κ3) is 11.0. The first-order valence-electron chi connectivity index (χ1n) is 27.2. The topological polar surface area (TPSA) is 245 Å². The van der Waals surface area contributed by atoms with Crippen molar-refractivity contribution in [3.05, 3.63) is 23.8 Å². The van der Waals surface area contributed by atoms with Gasteiger partial charge in [-0.05, 0) is 143 Å². The number of aliphatic hydroxyl groups excluding tert-OH is 2. The van der Waals surface area contributed by atoms with Crippen LogP contribution in [0.2, 0.25) is 0 Å². The summed E-state index contributed by atoms with van der Waals surface area (Å²) in [5.74, 6) is -7.52. The van der Waals surface area contributed by atoms with Crippen LogP contribution in [0.3, 0.4) is 0 Å². The fourth-order valence-corrected chi connectivity index (χ4v) is 14.5. The molecule has 21 atom stereocenters. The van der Waals surface area contributed by atoms with Crippen LogP contribution in [0.25, 0.3) is 0 Å². The predicted octanol–water partition coefficient (Wildman–Crippen LogP) is 5.62. The number of ketones is 1. The second-order valence-corrected chi connectivity index (χ2v) is 24.3. The maximum atomic E-state index is 17.7. The molecule has 0 spiro atoms. The molecular formula is C56H88FNO16. The molecule has 0 radical (unpaired) electrons. The van der Waals surface area contributed by atoms with E-state index >= 15 is 4.39 Å². The number of likely N-dealkylation sites (N-methyl/N-ethyl adjacent to an activating group) is 1. The Morgan fingerprint density at radius 3 is 2.24 bits per heavy atom. The number of alkyl halides is 1. The zero-order valence-electron chi connectivity index (χ0n) is 46.1. The van der Waals surface area contributed by atoms with Gasteiger partial charge < -0.3 is 58.9 Å². The predicted molar refractivity (Wildman–Crippen MR) is 268 cm³/mol. The Balaban J connectivity index is 1.19. The van der Waals surface area contributed by atoms with E-state index in [4.69, 9.17) is 28.4 Å².